The molecule has 0 saturated carbocycles. The van der Waals surface area contributed by atoms with Crippen molar-refractivity contribution >= 4 is 5.97 Å². The van der Waals surface area contributed by atoms with Gasteiger partial charge in [0.25, 0.3) is 0 Å². The lowest BCUT2D eigenvalue weighted by Crippen LogP contribution is -2.52. The van der Waals surface area contributed by atoms with E-state index in [0.29, 0.717) is 6.54 Å². The number of carbonyl (C=O) groups is 1. The highest BCUT2D eigenvalue weighted by molar-refractivity contribution is 5.74. The first-order valence-corrected chi connectivity index (χ1v) is 5.70. The fourth-order valence-electron chi connectivity index (χ4n) is 2.39. The van der Waals surface area contributed by atoms with Crippen molar-refractivity contribution in [2.75, 3.05) is 26.8 Å². The number of aliphatic hydroxyl groups excluding tert-OH is 1. The summed E-state index contributed by atoms with van der Waals surface area (Å²) >= 11 is 0. The van der Waals surface area contributed by atoms with Gasteiger partial charge in [0.1, 0.15) is 6.04 Å². The van der Waals surface area contributed by atoms with Crippen LogP contribution in [-0.4, -0.2) is 60.0 Å². The van der Waals surface area contributed by atoms with Crippen LogP contribution in [0.3, 0.4) is 0 Å². The quantitative estimate of drug-likeness (QED) is 0.706. The van der Waals surface area contributed by atoms with E-state index >= 15 is 0 Å². The van der Waals surface area contributed by atoms with E-state index in [4.69, 9.17) is 9.84 Å². The summed E-state index contributed by atoms with van der Waals surface area (Å²) in [5.74, 6) is -0.655. The number of hydrogen-bond acceptors (Lipinski definition) is 4. The van der Waals surface area contributed by atoms with Gasteiger partial charge in [-0.05, 0) is 25.3 Å². The van der Waals surface area contributed by atoms with Gasteiger partial charge in [0, 0.05) is 13.7 Å². The number of aliphatic carboxylic acids is 1. The minimum absolute atomic E-state index is 0.140. The zero-order chi connectivity index (χ0) is 12.1. The van der Waals surface area contributed by atoms with Gasteiger partial charge >= 0.3 is 5.97 Å². The molecular formula is C11H21NO4. The van der Waals surface area contributed by atoms with E-state index in [1.807, 2.05) is 11.8 Å². The summed E-state index contributed by atoms with van der Waals surface area (Å²) in [5.41, 5.74) is 0. The van der Waals surface area contributed by atoms with Crippen molar-refractivity contribution in [3.05, 3.63) is 0 Å². The smallest absolute Gasteiger partial charge is 0.321 e. The molecule has 1 rings (SSSR count). The Hall–Kier alpha value is -0.650. The lowest BCUT2D eigenvalue weighted by molar-refractivity contribution is -0.147. The predicted octanol–water partition coefficient (Wildman–Crippen LogP) is 0.179. The van der Waals surface area contributed by atoms with Gasteiger partial charge in [0.2, 0.25) is 0 Å². The Morgan fingerprint density at radius 3 is 2.88 bits per heavy atom. The number of carboxylic acids is 1. The third-order valence-corrected chi connectivity index (χ3v) is 3.09. The standard InChI is InChI=1S/C11H21NO4/c1-8-4-3-5-12(10(8)11(14)15)6-9(13)7-16-2/h8-10,13H,3-7H2,1-2H3,(H,14,15). The summed E-state index contributed by atoms with van der Waals surface area (Å²) in [6.45, 7) is 3.31. The molecule has 0 spiro atoms. The van der Waals surface area contributed by atoms with Crippen LogP contribution >= 0.6 is 0 Å². The predicted molar refractivity (Wildman–Crippen MR) is 59.3 cm³/mol. The molecule has 1 aliphatic rings. The second-order valence-electron chi connectivity index (χ2n) is 4.51. The van der Waals surface area contributed by atoms with Crippen LogP contribution in [0.15, 0.2) is 0 Å². The third-order valence-electron chi connectivity index (χ3n) is 3.09. The number of β-amino-alcohol motifs (C(OH)–C–C–N with tert-alkyl or cyclic N) is 1. The SMILES string of the molecule is COCC(O)CN1CCCC(C)C1C(=O)O. The number of piperidine rings is 1. The zero-order valence-corrected chi connectivity index (χ0v) is 9.93. The Kier molecular flexibility index (Phi) is 5.18. The molecule has 3 unspecified atom stereocenters. The maximum Gasteiger partial charge on any atom is 0.321 e. The Morgan fingerprint density at radius 2 is 2.31 bits per heavy atom. The van der Waals surface area contributed by atoms with Crippen molar-refractivity contribution in [2.24, 2.45) is 5.92 Å². The number of likely N-dealkylation sites (tertiary alicyclic amines) is 1. The van der Waals surface area contributed by atoms with E-state index in [1.165, 1.54) is 7.11 Å². The average Bonchev–Trinajstić information content (AvgIpc) is 2.17. The van der Waals surface area contributed by atoms with Crippen LogP contribution in [0.1, 0.15) is 19.8 Å². The van der Waals surface area contributed by atoms with Gasteiger partial charge in [-0.15, -0.1) is 0 Å². The second kappa shape index (κ2) is 6.18. The monoisotopic (exact) mass is 231 g/mol. The number of nitrogens with zero attached hydrogens (tertiary/aromatic N) is 1. The molecule has 1 fully saturated rings. The van der Waals surface area contributed by atoms with Crippen LogP contribution in [-0.2, 0) is 9.53 Å². The number of ether oxygens (including phenoxy) is 1. The summed E-state index contributed by atoms with van der Waals surface area (Å²) < 4.78 is 4.84. The minimum Gasteiger partial charge on any atom is -0.480 e. The van der Waals surface area contributed by atoms with Crippen LogP contribution in [0, 0.1) is 5.92 Å². The highest BCUT2D eigenvalue weighted by Crippen LogP contribution is 2.23. The number of rotatable bonds is 5. The first-order chi connectivity index (χ1) is 7.56. The summed E-state index contributed by atoms with van der Waals surface area (Å²) in [6, 6.07) is -0.472. The molecule has 0 aromatic rings. The summed E-state index contributed by atoms with van der Waals surface area (Å²) in [7, 11) is 1.52. The first kappa shape index (κ1) is 13.4. The minimum atomic E-state index is -0.795. The number of carboxylic acid groups (broad SMARTS) is 1. The largest absolute Gasteiger partial charge is 0.480 e. The molecule has 1 heterocycles. The molecule has 1 saturated heterocycles. The van der Waals surface area contributed by atoms with E-state index < -0.39 is 18.1 Å². The third kappa shape index (κ3) is 3.43. The lowest BCUT2D eigenvalue weighted by Gasteiger charge is -2.38. The van der Waals surface area contributed by atoms with Crippen LogP contribution < -0.4 is 0 Å². The topological polar surface area (TPSA) is 70.0 Å². The van der Waals surface area contributed by atoms with E-state index in [9.17, 15) is 9.90 Å². The van der Waals surface area contributed by atoms with Gasteiger partial charge in [-0.25, -0.2) is 0 Å². The Balaban J connectivity index is 2.57. The summed E-state index contributed by atoms with van der Waals surface area (Å²) in [6.07, 6.45) is 1.32. The number of aliphatic hydroxyl groups is 1. The Bertz CT molecular complexity index is 234. The normalized spacial score (nSPS) is 28.9. The molecule has 3 atom stereocenters. The van der Waals surface area contributed by atoms with Crippen molar-refractivity contribution < 1.29 is 19.7 Å². The average molecular weight is 231 g/mol. The molecule has 5 nitrogen and oxygen atoms in total. The molecule has 0 aliphatic carbocycles. The second-order valence-corrected chi connectivity index (χ2v) is 4.51. The first-order valence-electron chi connectivity index (χ1n) is 5.70. The van der Waals surface area contributed by atoms with Crippen molar-refractivity contribution in [2.45, 2.75) is 31.9 Å². The van der Waals surface area contributed by atoms with Crippen molar-refractivity contribution in [3.63, 3.8) is 0 Å². The van der Waals surface area contributed by atoms with Gasteiger partial charge in [-0.3, -0.25) is 9.69 Å². The number of methoxy groups -OCH3 is 1. The number of hydrogen-bond donors (Lipinski definition) is 2. The van der Waals surface area contributed by atoms with E-state index in [2.05, 4.69) is 0 Å². The molecule has 0 aromatic carbocycles. The molecule has 0 radical (unpaired) electrons. The molecule has 0 aromatic heterocycles. The maximum absolute atomic E-state index is 11.2. The van der Waals surface area contributed by atoms with Crippen LogP contribution in [0.2, 0.25) is 0 Å². The molecule has 5 heteroatoms. The van der Waals surface area contributed by atoms with Crippen molar-refractivity contribution in [3.8, 4) is 0 Å². The molecule has 1 aliphatic heterocycles. The van der Waals surface area contributed by atoms with Crippen LogP contribution in [0.4, 0.5) is 0 Å². The highest BCUT2D eigenvalue weighted by atomic mass is 16.5. The molecule has 0 amide bonds. The van der Waals surface area contributed by atoms with E-state index in [0.717, 1.165) is 19.4 Å². The molecular weight excluding hydrogens is 210 g/mol. The fraction of sp³-hybridized carbons (Fsp3) is 0.909. The zero-order valence-electron chi connectivity index (χ0n) is 9.93. The van der Waals surface area contributed by atoms with Crippen molar-refractivity contribution in [1.82, 2.24) is 4.90 Å². The Labute approximate surface area is 96.0 Å². The maximum atomic E-state index is 11.2. The van der Waals surface area contributed by atoms with Gasteiger partial charge in [0.05, 0.1) is 12.7 Å². The summed E-state index contributed by atoms with van der Waals surface area (Å²) in [4.78, 5) is 13.0. The van der Waals surface area contributed by atoms with Crippen LogP contribution in [0.25, 0.3) is 0 Å². The van der Waals surface area contributed by atoms with E-state index in [-0.39, 0.29) is 12.5 Å². The van der Waals surface area contributed by atoms with E-state index in [1.54, 1.807) is 0 Å². The molecule has 16 heavy (non-hydrogen) atoms. The Morgan fingerprint density at radius 1 is 1.62 bits per heavy atom. The van der Waals surface area contributed by atoms with Gasteiger partial charge < -0.3 is 14.9 Å². The summed E-state index contributed by atoms with van der Waals surface area (Å²) in [5, 5.41) is 18.8. The molecule has 94 valence electrons. The van der Waals surface area contributed by atoms with Gasteiger partial charge in [0.15, 0.2) is 0 Å². The van der Waals surface area contributed by atoms with Gasteiger partial charge in [-0.2, -0.15) is 0 Å². The molecule has 0 bridgehead atoms. The van der Waals surface area contributed by atoms with Crippen LogP contribution in [0.5, 0.6) is 0 Å². The molecule has 2 N–H and O–H groups in total. The lowest BCUT2D eigenvalue weighted by atomic mass is 9.90. The van der Waals surface area contributed by atoms with Gasteiger partial charge in [-0.1, -0.05) is 6.92 Å². The highest BCUT2D eigenvalue weighted by Gasteiger charge is 2.34. The fourth-order valence-corrected chi connectivity index (χ4v) is 2.39. The van der Waals surface area contributed by atoms with Crippen molar-refractivity contribution in [1.29, 1.82) is 0 Å².